The molecule has 0 radical (unpaired) electrons. The summed E-state index contributed by atoms with van der Waals surface area (Å²) in [6.07, 6.45) is 3.83. The van der Waals surface area contributed by atoms with E-state index in [2.05, 4.69) is 10.6 Å². The minimum atomic E-state index is -0.598. The number of amides is 2. The van der Waals surface area contributed by atoms with Crippen LogP contribution in [0.3, 0.4) is 0 Å². The Kier molecular flexibility index (Phi) is 4.73. The first kappa shape index (κ1) is 15.0. The van der Waals surface area contributed by atoms with Crippen molar-refractivity contribution in [3.8, 4) is 0 Å². The third-order valence-electron chi connectivity index (χ3n) is 3.97. The van der Waals surface area contributed by atoms with Crippen LogP contribution in [-0.2, 0) is 9.59 Å². The summed E-state index contributed by atoms with van der Waals surface area (Å²) >= 11 is 0. The zero-order valence-corrected chi connectivity index (χ0v) is 11.6. The lowest BCUT2D eigenvalue weighted by Gasteiger charge is -2.29. The smallest absolute Gasteiger partial charge is 0.227 e. The van der Waals surface area contributed by atoms with E-state index in [1.54, 1.807) is 7.05 Å². The van der Waals surface area contributed by atoms with Crippen LogP contribution in [-0.4, -0.2) is 32.0 Å². The highest BCUT2D eigenvalue weighted by Crippen LogP contribution is 2.37. The van der Waals surface area contributed by atoms with Crippen molar-refractivity contribution in [2.75, 3.05) is 20.1 Å². The summed E-state index contributed by atoms with van der Waals surface area (Å²) in [5, 5.41) is 5.50. The molecule has 0 bridgehead atoms. The predicted molar refractivity (Wildman–Crippen MR) is 70.8 cm³/mol. The summed E-state index contributed by atoms with van der Waals surface area (Å²) in [6, 6.07) is 0. The Morgan fingerprint density at radius 1 is 1.28 bits per heavy atom. The third-order valence-corrected chi connectivity index (χ3v) is 3.97. The maximum atomic E-state index is 12.2. The lowest BCUT2D eigenvalue weighted by molar-refractivity contribution is -0.132. The molecular formula is C13H25N3O2. The lowest BCUT2D eigenvalue weighted by Crippen LogP contribution is -2.49. The summed E-state index contributed by atoms with van der Waals surface area (Å²) in [5.74, 6) is -0.0736. The van der Waals surface area contributed by atoms with Crippen molar-refractivity contribution in [3.05, 3.63) is 0 Å². The van der Waals surface area contributed by atoms with Crippen LogP contribution in [0.1, 0.15) is 39.5 Å². The molecule has 0 unspecified atom stereocenters. The molecule has 0 atom stereocenters. The molecule has 2 amide bonds. The molecule has 0 saturated heterocycles. The summed E-state index contributed by atoms with van der Waals surface area (Å²) in [4.78, 5) is 23.9. The van der Waals surface area contributed by atoms with E-state index in [1.165, 1.54) is 0 Å². The van der Waals surface area contributed by atoms with Gasteiger partial charge in [-0.05, 0) is 26.7 Å². The first-order valence-corrected chi connectivity index (χ1v) is 6.58. The van der Waals surface area contributed by atoms with Gasteiger partial charge in [-0.15, -0.1) is 0 Å². The van der Waals surface area contributed by atoms with Gasteiger partial charge in [0.1, 0.15) is 0 Å². The number of rotatable bonds is 5. The van der Waals surface area contributed by atoms with Gasteiger partial charge in [0.05, 0.1) is 10.8 Å². The van der Waals surface area contributed by atoms with Crippen molar-refractivity contribution in [1.29, 1.82) is 0 Å². The highest BCUT2D eigenvalue weighted by Gasteiger charge is 2.40. The molecule has 1 saturated carbocycles. The molecule has 0 aromatic heterocycles. The van der Waals surface area contributed by atoms with Gasteiger partial charge in [-0.25, -0.2) is 0 Å². The van der Waals surface area contributed by atoms with Crippen molar-refractivity contribution in [1.82, 2.24) is 10.6 Å². The molecule has 0 spiro atoms. The number of nitrogens with one attached hydrogen (secondary N) is 2. The van der Waals surface area contributed by atoms with Crippen LogP contribution >= 0.6 is 0 Å². The van der Waals surface area contributed by atoms with Crippen LogP contribution in [0.2, 0.25) is 0 Å². The second-order valence-corrected chi connectivity index (χ2v) is 5.84. The molecule has 1 aliphatic carbocycles. The average molecular weight is 255 g/mol. The fourth-order valence-corrected chi connectivity index (χ4v) is 2.48. The van der Waals surface area contributed by atoms with E-state index in [1.807, 2.05) is 13.8 Å². The Labute approximate surface area is 109 Å². The maximum Gasteiger partial charge on any atom is 0.227 e. The van der Waals surface area contributed by atoms with Crippen molar-refractivity contribution in [3.63, 3.8) is 0 Å². The van der Waals surface area contributed by atoms with Gasteiger partial charge in [-0.3, -0.25) is 9.59 Å². The molecule has 104 valence electrons. The largest absolute Gasteiger partial charge is 0.359 e. The van der Waals surface area contributed by atoms with E-state index < -0.39 is 10.8 Å². The third kappa shape index (κ3) is 3.02. The van der Waals surface area contributed by atoms with Gasteiger partial charge in [0.15, 0.2) is 0 Å². The van der Waals surface area contributed by atoms with E-state index >= 15 is 0 Å². The maximum absolute atomic E-state index is 12.2. The topological polar surface area (TPSA) is 84.2 Å². The molecule has 1 rings (SSSR count). The van der Waals surface area contributed by atoms with E-state index in [9.17, 15) is 9.59 Å². The standard InChI is InChI=1S/C13H25N3O2/c1-12(2,10(17)15-3)9-16-11(18)13(8-14)6-4-5-7-13/h4-9,14H2,1-3H3,(H,15,17)(H,16,18). The van der Waals surface area contributed by atoms with Crippen LogP contribution in [0.5, 0.6) is 0 Å². The Bertz CT molecular complexity index is 320. The summed E-state index contributed by atoms with van der Waals surface area (Å²) < 4.78 is 0. The molecular weight excluding hydrogens is 230 g/mol. The van der Waals surface area contributed by atoms with Crippen LogP contribution in [0.25, 0.3) is 0 Å². The SMILES string of the molecule is CNC(=O)C(C)(C)CNC(=O)C1(CN)CCCC1. The van der Waals surface area contributed by atoms with Gasteiger partial charge < -0.3 is 16.4 Å². The Balaban J connectivity index is 2.58. The number of hydrogen-bond donors (Lipinski definition) is 3. The van der Waals surface area contributed by atoms with Crippen molar-refractivity contribution >= 4 is 11.8 Å². The molecule has 1 fully saturated rings. The Morgan fingerprint density at radius 3 is 2.28 bits per heavy atom. The van der Waals surface area contributed by atoms with Gasteiger partial charge in [0.25, 0.3) is 0 Å². The van der Waals surface area contributed by atoms with Crippen LogP contribution in [0.15, 0.2) is 0 Å². The number of nitrogens with two attached hydrogens (primary N) is 1. The van der Waals surface area contributed by atoms with Crippen molar-refractivity contribution in [2.45, 2.75) is 39.5 Å². The molecule has 5 nitrogen and oxygen atoms in total. The quantitative estimate of drug-likeness (QED) is 0.664. The molecule has 1 aliphatic rings. The molecule has 18 heavy (non-hydrogen) atoms. The molecule has 0 aromatic rings. The number of carbonyl (C=O) groups is 2. The molecule has 0 heterocycles. The normalized spacial score (nSPS) is 18.4. The van der Waals surface area contributed by atoms with Gasteiger partial charge in [0.2, 0.25) is 11.8 Å². The van der Waals surface area contributed by atoms with E-state index in [0.717, 1.165) is 25.7 Å². The van der Waals surface area contributed by atoms with Crippen molar-refractivity contribution < 1.29 is 9.59 Å². The van der Waals surface area contributed by atoms with E-state index in [4.69, 9.17) is 5.73 Å². The molecule has 0 aromatic carbocycles. The van der Waals surface area contributed by atoms with Crippen LogP contribution in [0.4, 0.5) is 0 Å². The zero-order valence-electron chi connectivity index (χ0n) is 11.6. The summed E-state index contributed by atoms with van der Waals surface area (Å²) in [5.41, 5.74) is 4.75. The zero-order chi connectivity index (χ0) is 13.8. The van der Waals surface area contributed by atoms with Gasteiger partial charge >= 0.3 is 0 Å². The highest BCUT2D eigenvalue weighted by molar-refractivity contribution is 5.85. The molecule has 5 heteroatoms. The van der Waals surface area contributed by atoms with E-state index in [-0.39, 0.29) is 11.8 Å². The average Bonchev–Trinajstić information content (AvgIpc) is 2.84. The van der Waals surface area contributed by atoms with Crippen LogP contribution in [0, 0.1) is 10.8 Å². The lowest BCUT2D eigenvalue weighted by atomic mass is 9.84. The Morgan fingerprint density at radius 2 is 1.83 bits per heavy atom. The first-order chi connectivity index (χ1) is 8.38. The fraction of sp³-hybridized carbons (Fsp3) is 0.846. The Hall–Kier alpha value is -1.10. The fourth-order valence-electron chi connectivity index (χ4n) is 2.48. The minimum Gasteiger partial charge on any atom is -0.359 e. The monoisotopic (exact) mass is 255 g/mol. The molecule has 4 N–H and O–H groups in total. The second-order valence-electron chi connectivity index (χ2n) is 5.84. The van der Waals surface area contributed by atoms with Crippen LogP contribution < -0.4 is 16.4 Å². The predicted octanol–water partition coefficient (Wildman–Crippen LogP) is 0.394. The minimum absolute atomic E-state index is 0.000483. The number of carbonyl (C=O) groups excluding carboxylic acids is 2. The summed E-state index contributed by atoms with van der Waals surface area (Å²) in [6.45, 7) is 4.36. The first-order valence-electron chi connectivity index (χ1n) is 6.58. The highest BCUT2D eigenvalue weighted by atomic mass is 16.2. The number of hydrogen-bond acceptors (Lipinski definition) is 3. The van der Waals surface area contributed by atoms with Gasteiger partial charge in [0, 0.05) is 20.1 Å². The molecule has 0 aliphatic heterocycles. The summed E-state index contributed by atoms with van der Waals surface area (Å²) in [7, 11) is 1.60. The second kappa shape index (κ2) is 5.69. The van der Waals surface area contributed by atoms with Gasteiger partial charge in [-0.1, -0.05) is 12.8 Å². The van der Waals surface area contributed by atoms with Crippen molar-refractivity contribution in [2.24, 2.45) is 16.6 Å². The van der Waals surface area contributed by atoms with E-state index in [0.29, 0.717) is 13.1 Å². The van der Waals surface area contributed by atoms with Gasteiger partial charge in [-0.2, -0.15) is 0 Å².